The van der Waals surface area contributed by atoms with Gasteiger partial charge >= 0.3 is 7.12 Å². The van der Waals surface area contributed by atoms with Crippen LogP contribution in [0.4, 0.5) is 0 Å². The molecule has 3 N–H and O–H groups in total. The monoisotopic (exact) mass is 474 g/mol. The lowest BCUT2D eigenvalue weighted by Crippen LogP contribution is -2.45. The summed E-state index contributed by atoms with van der Waals surface area (Å²) in [6.07, 6.45) is 1.77. The van der Waals surface area contributed by atoms with E-state index in [9.17, 15) is 9.82 Å². The molecule has 1 saturated heterocycles. The van der Waals surface area contributed by atoms with Crippen molar-refractivity contribution in [2.45, 2.75) is 38.3 Å². The Morgan fingerprint density at radius 2 is 2.03 bits per heavy atom. The molecule has 0 bridgehead atoms. The SMILES string of the molecule is Cc1sc(C(=O)N2CCC3(CC2)COc2ccc(CN)cc23)cc1-c1cccc2c1COB2O. The first-order valence-electron chi connectivity index (χ1n) is 11.8. The molecule has 8 heteroatoms. The summed E-state index contributed by atoms with van der Waals surface area (Å²) < 4.78 is 11.4. The van der Waals surface area contributed by atoms with Gasteiger partial charge in [-0.25, -0.2) is 0 Å². The molecule has 174 valence electrons. The van der Waals surface area contributed by atoms with E-state index in [-0.39, 0.29) is 11.3 Å². The maximum Gasteiger partial charge on any atom is 0.491 e. The summed E-state index contributed by atoms with van der Waals surface area (Å²) in [7, 11) is -0.874. The van der Waals surface area contributed by atoms with Gasteiger partial charge in [0.25, 0.3) is 5.91 Å². The van der Waals surface area contributed by atoms with E-state index < -0.39 is 7.12 Å². The smallest absolute Gasteiger partial charge is 0.491 e. The van der Waals surface area contributed by atoms with E-state index in [1.165, 1.54) is 5.56 Å². The molecule has 34 heavy (non-hydrogen) atoms. The van der Waals surface area contributed by atoms with Crippen LogP contribution >= 0.6 is 11.3 Å². The molecule has 1 amide bonds. The van der Waals surface area contributed by atoms with Gasteiger partial charge in [-0.3, -0.25) is 4.79 Å². The fraction of sp³-hybridized carbons (Fsp3) is 0.346. The molecular formula is C26H27BN2O4S. The van der Waals surface area contributed by atoms with Crippen molar-refractivity contribution in [1.29, 1.82) is 0 Å². The number of amides is 1. The zero-order chi connectivity index (χ0) is 23.4. The lowest BCUT2D eigenvalue weighted by molar-refractivity contribution is 0.0651. The number of piperidine rings is 1. The van der Waals surface area contributed by atoms with Gasteiger partial charge in [0.05, 0.1) is 18.1 Å². The number of hydrogen-bond donors (Lipinski definition) is 2. The number of aryl methyl sites for hydroxylation is 1. The molecule has 1 fully saturated rings. The molecule has 4 heterocycles. The van der Waals surface area contributed by atoms with Crippen LogP contribution in [0.5, 0.6) is 5.75 Å². The predicted octanol–water partition coefficient (Wildman–Crippen LogP) is 2.97. The summed E-state index contributed by atoms with van der Waals surface area (Å²) in [6, 6.07) is 14.1. The van der Waals surface area contributed by atoms with Crippen LogP contribution in [0.2, 0.25) is 0 Å². The Balaban J connectivity index is 1.22. The van der Waals surface area contributed by atoms with Crippen molar-refractivity contribution < 1.29 is 19.2 Å². The molecule has 6 nitrogen and oxygen atoms in total. The molecule has 1 aromatic heterocycles. The Morgan fingerprint density at radius 3 is 2.82 bits per heavy atom. The predicted molar refractivity (Wildman–Crippen MR) is 134 cm³/mol. The van der Waals surface area contributed by atoms with Crippen molar-refractivity contribution in [1.82, 2.24) is 4.90 Å². The van der Waals surface area contributed by atoms with Crippen LogP contribution < -0.4 is 15.9 Å². The molecule has 0 atom stereocenters. The fourth-order valence-electron chi connectivity index (χ4n) is 5.60. The van der Waals surface area contributed by atoms with Gasteiger partial charge in [-0.05, 0) is 59.6 Å². The van der Waals surface area contributed by atoms with E-state index >= 15 is 0 Å². The molecule has 0 aliphatic carbocycles. The van der Waals surface area contributed by atoms with E-state index in [0.717, 1.165) is 56.1 Å². The summed E-state index contributed by atoms with van der Waals surface area (Å²) in [4.78, 5) is 17.3. The highest BCUT2D eigenvalue weighted by molar-refractivity contribution is 7.14. The van der Waals surface area contributed by atoms with Gasteiger partial charge in [0.15, 0.2) is 0 Å². The topological polar surface area (TPSA) is 85.0 Å². The minimum Gasteiger partial charge on any atom is -0.492 e. The first-order valence-corrected chi connectivity index (χ1v) is 12.6. The molecule has 3 aromatic rings. The Labute approximate surface area is 203 Å². The number of ether oxygens (including phenoxy) is 1. The van der Waals surface area contributed by atoms with Crippen LogP contribution in [0.3, 0.4) is 0 Å². The lowest BCUT2D eigenvalue weighted by atomic mass is 9.74. The van der Waals surface area contributed by atoms with Crippen LogP contribution in [-0.4, -0.2) is 42.6 Å². The van der Waals surface area contributed by atoms with Gasteiger partial charge < -0.3 is 25.0 Å². The molecule has 6 rings (SSSR count). The highest BCUT2D eigenvalue weighted by Gasteiger charge is 2.44. The minimum atomic E-state index is -0.874. The van der Waals surface area contributed by atoms with Crippen LogP contribution in [0.1, 0.15) is 44.1 Å². The van der Waals surface area contributed by atoms with E-state index in [0.29, 0.717) is 32.8 Å². The largest absolute Gasteiger partial charge is 0.492 e. The van der Waals surface area contributed by atoms with Gasteiger partial charge in [0, 0.05) is 35.5 Å². The summed E-state index contributed by atoms with van der Waals surface area (Å²) >= 11 is 1.54. The number of nitrogens with zero attached hydrogens (tertiary/aromatic N) is 1. The summed E-state index contributed by atoms with van der Waals surface area (Å²) in [5.41, 5.74) is 12.1. The number of rotatable bonds is 3. The first kappa shape index (κ1) is 21.9. The molecule has 0 unspecified atom stereocenters. The normalized spacial score (nSPS) is 18.2. The quantitative estimate of drug-likeness (QED) is 0.571. The van der Waals surface area contributed by atoms with Gasteiger partial charge in [0.2, 0.25) is 0 Å². The molecule has 0 saturated carbocycles. The van der Waals surface area contributed by atoms with E-state index in [4.69, 9.17) is 15.1 Å². The van der Waals surface area contributed by atoms with Crippen molar-refractivity contribution in [2.75, 3.05) is 19.7 Å². The second-order valence-corrected chi connectivity index (χ2v) is 10.8. The highest BCUT2D eigenvalue weighted by Crippen LogP contribution is 2.46. The number of hydrogen-bond acceptors (Lipinski definition) is 6. The van der Waals surface area contributed by atoms with Crippen LogP contribution in [0.25, 0.3) is 11.1 Å². The fourth-order valence-corrected chi connectivity index (χ4v) is 6.60. The number of nitrogens with two attached hydrogens (primary N) is 1. The van der Waals surface area contributed by atoms with Crippen molar-refractivity contribution >= 4 is 29.8 Å². The third kappa shape index (κ3) is 3.40. The average Bonchev–Trinajstić information content (AvgIpc) is 3.55. The maximum atomic E-state index is 13.5. The number of fused-ring (bicyclic) bond motifs is 3. The second kappa shape index (κ2) is 8.24. The van der Waals surface area contributed by atoms with Gasteiger partial charge in [-0.2, -0.15) is 0 Å². The van der Waals surface area contributed by atoms with Gasteiger partial charge in [-0.1, -0.05) is 30.3 Å². The molecule has 3 aliphatic rings. The van der Waals surface area contributed by atoms with Crippen molar-refractivity contribution in [3.8, 4) is 16.9 Å². The van der Waals surface area contributed by atoms with E-state index in [1.807, 2.05) is 41.3 Å². The number of benzene rings is 2. The molecular weight excluding hydrogens is 447 g/mol. The average molecular weight is 474 g/mol. The van der Waals surface area contributed by atoms with E-state index in [2.05, 4.69) is 13.0 Å². The maximum absolute atomic E-state index is 13.5. The van der Waals surface area contributed by atoms with Crippen molar-refractivity contribution in [2.24, 2.45) is 5.73 Å². The van der Waals surface area contributed by atoms with Crippen LogP contribution in [0, 0.1) is 6.92 Å². The van der Waals surface area contributed by atoms with Crippen molar-refractivity contribution in [3.05, 3.63) is 68.9 Å². The number of carbonyl (C=O) groups excluding carboxylic acids is 1. The Kier molecular flexibility index (Phi) is 5.30. The Morgan fingerprint density at radius 1 is 1.21 bits per heavy atom. The Bertz CT molecular complexity index is 1280. The number of thiophene rings is 1. The minimum absolute atomic E-state index is 0.0285. The molecule has 3 aliphatic heterocycles. The van der Waals surface area contributed by atoms with Gasteiger partial charge in [0.1, 0.15) is 5.75 Å². The van der Waals surface area contributed by atoms with Crippen LogP contribution in [0.15, 0.2) is 42.5 Å². The third-order valence-corrected chi connectivity index (χ3v) is 8.68. The summed E-state index contributed by atoms with van der Waals surface area (Å²) in [5.74, 6) is 1.05. The number of likely N-dealkylation sites (tertiary alicyclic amines) is 1. The summed E-state index contributed by atoms with van der Waals surface area (Å²) in [6.45, 7) is 5.05. The first-order chi connectivity index (χ1) is 16.5. The third-order valence-electron chi connectivity index (χ3n) is 7.65. The standard InChI is InChI=1S/C26H27BN2O4S/c1-16-19(18-3-2-4-22-20(18)14-33-27(22)31)12-24(34-16)25(30)29-9-7-26(8-10-29)15-32-23-6-5-17(13-28)11-21(23)26/h2-6,11-12,31H,7-10,13-15,28H2,1H3. The number of carbonyl (C=O) groups is 1. The highest BCUT2D eigenvalue weighted by atomic mass is 32.1. The molecule has 1 spiro atoms. The van der Waals surface area contributed by atoms with E-state index in [1.54, 1.807) is 11.3 Å². The molecule has 0 radical (unpaired) electrons. The summed E-state index contributed by atoms with van der Waals surface area (Å²) in [5, 5.41) is 10.1. The zero-order valence-electron chi connectivity index (χ0n) is 19.2. The van der Waals surface area contributed by atoms with Crippen molar-refractivity contribution in [3.63, 3.8) is 0 Å². The molecule has 2 aromatic carbocycles. The zero-order valence-corrected chi connectivity index (χ0v) is 20.0. The Hall–Kier alpha value is -2.65. The van der Waals surface area contributed by atoms with Gasteiger partial charge in [-0.15, -0.1) is 11.3 Å². The lowest BCUT2D eigenvalue weighted by Gasteiger charge is -2.38. The second-order valence-electron chi connectivity index (χ2n) is 9.51. The van der Waals surface area contributed by atoms with Crippen LogP contribution in [-0.2, 0) is 23.2 Å².